The predicted molar refractivity (Wildman–Crippen MR) is 54.3 cm³/mol. The van der Waals surface area contributed by atoms with Gasteiger partial charge in [-0.25, -0.2) is 0 Å². The molecule has 76 valence electrons. The number of ether oxygens (including phenoxy) is 1. The third kappa shape index (κ3) is 1.94. The number of rotatable bonds is 2. The fourth-order valence-corrected chi connectivity index (χ4v) is 1.66. The highest BCUT2D eigenvalue weighted by Crippen LogP contribution is 2.25. The standard InChI is InChI=1S/C12H10O3/c13-6-1-7-15-10-4-2-9-3-5-12(14)11(9)8-10/h2,4,8,13H,3,5,7H2. The summed E-state index contributed by atoms with van der Waals surface area (Å²) in [5, 5.41) is 8.25. The number of Topliss-reactive ketones (excluding diaryl/α,β-unsaturated/α-hetero) is 1. The first-order valence-corrected chi connectivity index (χ1v) is 4.72. The highest BCUT2D eigenvalue weighted by atomic mass is 16.5. The van der Waals surface area contributed by atoms with Crippen LogP contribution in [0.2, 0.25) is 0 Å². The maximum atomic E-state index is 11.4. The fourth-order valence-electron chi connectivity index (χ4n) is 1.66. The zero-order valence-electron chi connectivity index (χ0n) is 8.12. The molecule has 0 spiro atoms. The lowest BCUT2D eigenvalue weighted by atomic mass is 10.1. The number of aliphatic hydroxyl groups excluding tert-OH is 1. The molecule has 0 radical (unpaired) electrons. The molecule has 2 rings (SSSR count). The van der Waals surface area contributed by atoms with Gasteiger partial charge in [0.05, 0.1) is 0 Å². The molecule has 0 atom stereocenters. The third-order valence-corrected chi connectivity index (χ3v) is 2.39. The zero-order chi connectivity index (χ0) is 10.7. The highest BCUT2D eigenvalue weighted by Gasteiger charge is 2.19. The number of aliphatic hydroxyl groups is 1. The minimum Gasteiger partial charge on any atom is -0.481 e. The Kier molecular flexibility index (Phi) is 2.59. The van der Waals surface area contributed by atoms with E-state index in [1.807, 2.05) is 12.1 Å². The Morgan fingerprint density at radius 3 is 3.07 bits per heavy atom. The van der Waals surface area contributed by atoms with E-state index in [0.29, 0.717) is 12.2 Å². The van der Waals surface area contributed by atoms with E-state index in [4.69, 9.17) is 9.84 Å². The fraction of sp³-hybridized carbons (Fsp3) is 0.250. The molecule has 0 saturated heterocycles. The molecule has 1 aliphatic carbocycles. The van der Waals surface area contributed by atoms with Gasteiger partial charge in [-0.2, -0.15) is 0 Å². The van der Waals surface area contributed by atoms with E-state index in [0.717, 1.165) is 17.5 Å². The number of benzene rings is 1. The van der Waals surface area contributed by atoms with Crippen LogP contribution < -0.4 is 4.74 Å². The first-order chi connectivity index (χ1) is 7.31. The highest BCUT2D eigenvalue weighted by molar-refractivity contribution is 6.00. The van der Waals surface area contributed by atoms with Crippen LogP contribution in [0.15, 0.2) is 18.2 Å². The molecule has 0 amide bonds. The second-order valence-corrected chi connectivity index (χ2v) is 3.32. The summed E-state index contributed by atoms with van der Waals surface area (Å²) in [4.78, 5) is 11.4. The molecule has 3 heteroatoms. The second kappa shape index (κ2) is 4.05. The van der Waals surface area contributed by atoms with Crippen LogP contribution >= 0.6 is 0 Å². The van der Waals surface area contributed by atoms with Crippen molar-refractivity contribution >= 4 is 5.78 Å². The molecule has 0 unspecified atom stereocenters. The smallest absolute Gasteiger partial charge is 0.163 e. The van der Waals surface area contributed by atoms with Crippen LogP contribution in [0.1, 0.15) is 22.3 Å². The average molecular weight is 202 g/mol. The molecule has 0 aromatic heterocycles. The molecule has 0 aliphatic heterocycles. The number of aryl methyl sites for hydroxylation is 1. The first kappa shape index (κ1) is 9.60. The minimum absolute atomic E-state index is 0.128. The molecule has 0 heterocycles. The van der Waals surface area contributed by atoms with E-state index in [9.17, 15) is 4.79 Å². The van der Waals surface area contributed by atoms with Gasteiger partial charge in [0.1, 0.15) is 11.9 Å². The summed E-state index contributed by atoms with van der Waals surface area (Å²) >= 11 is 0. The number of ketones is 1. The van der Waals surface area contributed by atoms with Crippen molar-refractivity contribution in [2.24, 2.45) is 0 Å². The van der Waals surface area contributed by atoms with E-state index >= 15 is 0 Å². The van der Waals surface area contributed by atoms with Crippen molar-refractivity contribution in [2.75, 3.05) is 6.61 Å². The van der Waals surface area contributed by atoms with Crippen molar-refractivity contribution in [1.82, 2.24) is 0 Å². The molecular weight excluding hydrogens is 192 g/mol. The topological polar surface area (TPSA) is 46.5 Å². The summed E-state index contributed by atoms with van der Waals surface area (Å²) in [5.74, 6) is 3.16. The van der Waals surface area contributed by atoms with Gasteiger partial charge < -0.3 is 9.84 Å². The second-order valence-electron chi connectivity index (χ2n) is 3.32. The summed E-state index contributed by atoms with van der Waals surface area (Å²) in [7, 11) is 0. The Labute approximate surface area is 87.7 Å². The minimum atomic E-state index is 0.128. The molecule has 0 saturated carbocycles. The number of carbonyl (C=O) groups is 1. The Balaban J connectivity index is 2.17. The van der Waals surface area contributed by atoms with E-state index in [1.165, 1.54) is 0 Å². The normalized spacial score (nSPS) is 12.9. The van der Waals surface area contributed by atoms with Crippen LogP contribution in [0.4, 0.5) is 0 Å². The molecule has 0 bridgehead atoms. The van der Waals surface area contributed by atoms with Crippen molar-refractivity contribution in [2.45, 2.75) is 12.8 Å². The van der Waals surface area contributed by atoms with Crippen LogP contribution in [0.5, 0.6) is 5.75 Å². The Hall–Kier alpha value is -1.95. The molecule has 1 aromatic carbocycles. The molecular formula is C12H10O3. The quantitative estimate of drug-likeness (QED) is 0.740. The van der Waals surface area contributed by atoms with Gasteiger partial charge in [0.25, 0.3) is 0 Å². The number of carbonyl (C=O) groups excluding carboxylic acids is 1. The Morgan fingerprint density at radius 1 is 1.40 bits per heavy atom. The van der Waals surface area contributed by atoms with E-state index in [2.05, 4.69) is 5.92 Å². The van der Waals surface area contributed by atoms with Crippen molar-refractivity contribution in [3.05, 3.63) is 29.3 Å². The summed E-state index contributed by atoms with van der Waals surface area (Å²) in [6, 6.07) is 5.46. The summed E-state index contributed by atoms with van der Waals surface area (Å²) in [5.41, 5.74) is 1.84. The molecule has 1 N–H and O–H groups in total. The molecule has 3 nitrogen and oxygen atoms in total. The van der Waals surface area contributed by atoms with Crippen molar-refractivity contribution < 1.29 is 14.6 Å². The maximum Gasteiger partial charge on any atom is 0.163 e. The van der Waals surface area contributed by atoms with Gasteiger partial charge in [-0.15, -0.1) is 0 Å². The lowest BCUT2D eigenvalue weighted by Gasteiger charge is -2.03. The van der Waals surface area contributed by atoms with Gasteiger partial charge >= 0.3 is 0 Å². The number of fused-ring (bicyclic) bond motifs is 1. The average Bonchev–Trinajstić information content (AvgIpc) is 2.61. The number of hydrogen-bond acceptors (Lipinski definition) is 3. The molecule has 15 heavy (non-hydrogen) atoms. The van der Waals surface area contributed by atoms with Gasteiger partial charge in [-0.3, -0.25) is 4.79 Å². The van der Waals surface area contributed by atoms with Crippen molar-refractivity contribution in [1.29, 1.82) is 0 Å². The van der Waals surface area contributed by atoms with Crippen molar-refractivity contribution in [3.8, 4) is 17.8 Å². The van der Waals surface area contributed by atoms with Gasteiger partial charge in [-0.1, -0.05) is 6.07 Å². The first-order valence-electron chi connectivity index (χ1n) is 4.72. The Bertz CT molecular complexity index is 452. The summed E-state index contributed by atoms with van der Waals surface area (Å²) < 4.78 is 5.23. The summed E-state index contributed by atoms with van der Waals surface area (Å²) in [6.07, 6.45) is 3.17. The van der Waals surface area contributed by atoms with Gasteiger partial charge in [0.15, 0.2) is 12.4 Å². The van der Waals surface area contributed by atoms with Crippen molar-refractivity contribution in [3.63, 3.8) is 0 Å². The van der Waals surface area contributed by atoms with E-state index < -0.39 is 0 Å². The lowest BCUT2D eigenvalue weighted by Crippen LogP contribution is -1.97. The molecule has 1 aromatic rings. The van der Waals surface area contributed by atoms with Crippen LogP contribution in [0.3, 0.4) is 0 Å². The maximum absolute atomic E-state index is 11.4. The third-order valence-electron chi connectivity index (χ3n) is 2.39. The van der Waals surface area contributed by atoms with Crippen LogP contribution in [0.25, 0.3) is 0 Å². The molecule has 0 fully saturated rings. The predicted octanol–water partition coefficient (Wildman–Crippen LogP) is 1.53. The van der Waals surface area contributed by atoms with Gasteiger partial charge in [-0.05, 0) is 30.0 Å². The largest absolute Gasteiger partial charge is 0.481 e. The van der Waals surface area contributed by atoms with Crippen LogP contribution in [0, 0.1) is 12.0 Å². The Morgan fingerprint density at radius 2 is 2.27 bits per heavy atom. The van der Waals surface area contributed by atoms with Crippen LogP contribution in [-0.4, -0.2) is 17.5 Å². The monoisotopic (exact) mass is 202 g/mol. The van der Waals surface area contributed by atoms with Gasteiger partial charge in [0.2, 0.25) is 0 Å². The van der Waals surface area contributed by atoms with Crippen LogP contribution in [-0.2, 0) is 6.42 Å². The van der Waals surface area contributed by atoms with Gasteiger partial charge in [0, 0.05) is 12.0 Å². The number of hydrogen-bond donors (Lipinski definition) is 1. The SMILES string of the molecule is O=C1CCc2ccc(OCC#CO)cc21. The zero-order valence-corrected chi connectivity index (χ0v) is 8.12. The lowest BCUT2D eigenvalue weighted by molar-refractivity contribution is 0.0994. The van der Waals surface area contributed by atoms with E-state index in [1.54, 1.807) is 12.2 Å². The molecule has 1 aliphatic rings. The summed E-state index contributed by atoms with van der Waals surface area (Å²) in [6.45, 7) is 0.128. The van der Waals surface area contributed by atoms with E-state index in [-0.39, 0.29) is 12.4 Å².